The number of benzene rings is 2. The third-order valence-corrected chi connectivity index (χ3v) is 6.90. The van der Waals surface area contributed by atoms with E-state index in [1.54, 1.807) is 11.8 Å². The smallest absolute Gasteiger partial charge is 0.224 e. The zero-order valence-corrected chi connectivity index (χ0v) is 16.6. The average Bonchev–Trinajstić information content (AvgIpc) is 3.19. The molecule has 6 heteroatoms. The summed E-state index contributed by atoms with van der Waals surface area (Å²) in [7, 11) is 0. The monoisotopic (exact) mass is 396 g/mol. The fourth-order valence-electron chi connectivity index (χ4n) is 4.27. The Morgan fingerprint density at radius 1 is 0.929 bits per heavy atom. The molecule has 3 aliphatic rings. The van der Waals surface area contributed by atoms with Crippen LogP contribution < -0.4 is 4.90 Å². The number of anilines is 2. The van der Waals surface area contributed by atoms with Gasteiger partial charge in [-0.25, -0.2) is 0 Å². The highest BCUT2D eigenvalue weighted by molar-refractivity contribution is 7.99. The number of hydrogen-bond acceptors (Lipinski definition) is 5. The topological polar surface area (TPSA) is 42.0 Å². The van der Waals surface area contributed by atoms with E-state index in [9.17, 15) is 4.79 Å². The van der Waals surface area contributed by atoms with Crippen molar-refractivity contribution < 1.29 is 14.3 Å². The Morgan fingerprint density at radius 2 is 1.50 bits per heavy atom. The molecule has 0 radical (unpaired) electrons. The molecule has 0 unspecified atom stereocenters. The van der Waals surface area contributed by atoms with Crippen molar-refractivity contribution in [2.24, 2.45) is 0 Å². The molecule has 2 aromatic rings. The molecule has 0 atom stereocenters. The van der Waals surface area contributed by atoms with Crippen molar-refractivity contribution in [2.75, 3.05) is 37.7 Å². The third-order valence-electron chi connectivity index (χ3n) is 5.77. The molecule has 28 heavy (non-hydrogen) atoms. The van der Waals surface area contributed by atoms with Gasteiger partial charge in [0, 0.05) is 48.7 Å². The van der Waals surface area contributed by atoms with Gasteiger partial charge in [-0.15, -0.1) is 0 Å². The fourth-order valence-corrected chi connectivity index (χ4v) is 5.37. The number of ether oxygens (including phenoxy) is 2. The van der Waals surface area contributed by atoms with Gasteiger partial charge >= 0.3 is 0 Å². The first-order valence-corrected chi connectivity index (χ1v) is 10.7. The van der Waals surface area contributed by atoms with Crippen molar-refractivity contribution in [3.05, 3.63) is 48.5 Å². The molecule has 3 aliphatic heterocycles. The number of rotatable bonds is 3. The number of nitrogens with zero attached hydrogens (tertiary/aromatic N) is 2. The number of hydrogen-bond donors (Lipinski definition) is 0. The van der Waals surface area contributed by atoms with E-state index in [2.05, 4.69) is 53.4 Å². The average molecular weight is 397 g/mol. The lowest BCUT2D eigenvalue weighted by Gasteiger charge is -2.38. The Bertz CT molecular complexity index is 826. The minimum atomic E-state index is -0.432. The molecule has 3 heterocycles. The van der Waals surface area contributed by atoms with Gasteiger partial charge in [0.25, 0.3) is 0 Å². The minimum Gasteiger partial charge on any atom is -0.347 e. The first-order chi connectivity index (χ1) is 13.7. The molecule has 0 aliphatic carbocycles. The van der Waals surface area contributed by atoms with Gasteiger partial charge in [-0.3, -0.25) is 4.79 Å². The molecule has 5 rings (SSSR count). The molecule has 1 spiro atoms. The SMILES string of the molecule is O=C(CCN1c2ccccc2Sc2ccccc21)N1CCC2(CC1)OCCO2. The number of piperidine rings is 1. The van der Waals surface area contributed by atoms with Crippen LogP contribution in [0.25, 0.3) is 0 Å². The van der Waals surface area contributed by atoms with Crippen molar-refractivity contribution in [3.63, 3.8) is 0 Å². The predicted octanol–water partition coefficient (Wildman–Crippen LogP) is 4.04. The zero-order valence-electron chi connectivity index (χ0n) is 15.8. The van der Waals surface area contributed by atoms with Gasteiger partial charge in [0.2, 0.25) is 5.91 Å². The number of likely N-dealkylation sites (tertiary alicyclic amines) is 1. The summed E-state index contributed by atoms with van der Waals surface area (Å²) in [6.45, 7) is 3.44. The van der Waals surface area contributed by atoms with Gasteiger partial charge in [-0.2, -0.15) is 0 Å². The second kappa shape index (κ2) is 7.43. The Morgan fingerprint density at radius 3 is 2.11 bits per heavy atom. The predicted molar refractivity (Wildman–Crippen MR) is 109 cm³/mol. The van der Waals surface area contributed by atoms with Gasteiger partial charge in [0.15, 0.2) is 5.79 Å². The Labute approximate surface area is 169 Å². The van der Waals surface area contributed by atoms with E-state index >= 15 is 0 Å². The van der Waals surface area contributed by atoms with E-state index in [4.69, 9.17) is 9.47 Å². The van der Waals surface area contributed by atoms with Gasteiger partial charge < -0.3 is 19.3 Å². The summed E-state index contributed by atoms with van der Waals surface area (Å²) >= 11 is 1.79. The Balaban J connectivity index is 1.27. The Hall–Kier alpha value is -2.02. The first-order valence-electron chi connectivity index (χ1n) is 9.93. The number of carbonyl (C=O) groups excluding carboxylic acids is 1. The maximum Gasteiger partial charge on any atom is 0.224 e. The molecule has 2 saturated heterocycles. The lowest BCUT2D eigenvalue weighted by Crippen LogP contribution is -2.47. The quantitative estimate of drug-likeness (QED) is 0.783. The molecule has 5 nitrogen and oxygen atoms in total. The van der Waals surface area contributed by atoms with Crippen LogP contribution in [0.4, 0.5) is 11.4 Å². The minimum absolute atomic E-state index is 0.209. The van der Waals surface area contributed by atoms with Crippen molar-refractivity contribution in [2.45, 2.75) is 34.8 Å². The van der Waals surface area contributed by atoms with E-state index in [0.29, 0.717) is 39.3 Å². The van der Waals surface area contributed by atoms with E-state index in [1.165, 1.54) is 21.2 Å². The van der Waals surface area contributed by atoms with Crippen LogP contribution in [-0.4, -0.2) is 49.4 Å². The van der Waals surface area contributed by atoms with Crippen molar-refractivity contribution >= 4 is 29.0 Å². The number of amides is 1. The number of fused-ring (bicyclic) bond motifs is 2. The van der Waals surface area contributed by atoms with E-state index in [1.807, 2.05) is 4.90 Å². The van der Waals surface area contributed by atoms with E-state index in [-0.39, 0.29) is 5.91 Å². The van der Waals surface area contributed by atoms with Gasteiger partial charge in [-0.05, 0) is 24.3 Å². The van der Waals surface area contributed by atoms with Crippen LogP contribution in [0.3, 0.4) is 0 Å². The normalized spacial score (nSPS) is 20.1. The zero-order chi connectivity index (χ0) is 19.0. The van der Waals surface area contributed by atoms with Gasteiger partial charge in [-0.1, -0.05) is 36.0 Å². The lowest BCUT2D eigenvalue weighted by atomic mass is 10.0. The van der Waals surface area contributed by atoms with Crippen molar-refractivity contribution in [1.29, 1.82) is 0 Å². The van der Waals surface area contributed by atoms with Crippen molar-refractivity contribution in [1.82, 2.24) is 4.90 Å². The summed E-state index contributed by atoms with van der Waals surface area (Å²) in [4.78, 5) is 19.6. The molecular weight excluding hydrogens is 372 g/mol. The van der Waals surface area contributed by atoms with Gasteiger partial charge in [0.05, 0.1) is 24.6 Å². The summed E-state index contributed by atoms with van der Waals surface area (Å²) in [5.41, 5.74) is 2.37. The molecular formula is C22H24N2O3S. The molecule has 0 saturated carbocycles. The second-order valence-electron chi connectivity index (χ2n) is 7.43. The lowest BCUT2D eigenvalue weighted by molar-refractivity contribution is -0.187. The van der Waals surface area contributed by atoms with Crippen LogP contribution in [0.1, 0.15) is 19.3 Å². The van der Waals surface area contributed by atoms with Crippen molar-refractivity contribution in [3.8, 4) is 0 Å². The number of carbonyl (C=O) groups is 1. The molecule has 0 aromatic heterocycles. The summed E-state index contributed by atoms with van der Waals surface area (Å²) in [5, 5.41) is 0. The van der Waals surface area contributed by atoms with Crippen LogP contribution in [-0.2, 0) is 14.3 Å². The van der Waals surface area contributed by atoms with Crippen LogP contribution in [0.5, 0.6) is 0 Å². The molecule has 2 aromatic carbocycles. The summed E-state index contributed by atoms with van der Waals surface area (Å²) in [6.07, 6.45) is 2.04. The first kappa shape index (κ1) is 18.0. The molecule has 0 bridgehead atoms. The second-order valence-corrected chi connectivity index (χ2v) is 8.51. The van der Waals surface area contributed by atoms with Crippen LogP contribution in [0, 0.1) is 0 Å². The largest absolute Gasteiger partial charge is 0.347 e. The number of para-hydroxylation sites is 2. The molecule has 0 N–H and O–H groups in total. The summed E-state index contributed by atoms with van der Waals surface area (Å²) < 4.78 is 11.5. The maximum atomic E-state index is 12.9. The van der Waals surface area contributed by atoms with E-state index < -0.39 is 5.79 Å². The Kier molecular flexibility index (Phi) is 4.78. The third kappa shape index (κ3) is 3.30. The highest BCUT2D eigenvalue weighted by Gasteiger charge is 2.40. The summed E-state index contributed by atoms with van der Waals surface area (Å²) in [6, 6.07) is 16.8. The highest BCUT2D eigenvalue weighted by Crippen LogP contribution is 2.47. The molecule has 146 valence electrons. The molecule has 1 amide bonds. The van der Waals surface area contributed by atoms with E-state index in [0.717, 1.165) is 12.8 Å². The summed E-state index contributed by atoms with van der Waals surface area (Å²) in [5.74, 6) is -0.223. The van der Waals surface area contributed by atoms with Gasteiger partial charge in [0.1, 0.15) is 0 Å². The highest BCUT2D eigenvalue weighted by atomic mass is 32.2. The maximum absolute atomic E-state index is 12.9. The van der Waals surface area contributed by atoms with Crippen LogP contribution in [0.2, 0.25) is 0 Å². The van der Waals surface area contributed by atoms with Crippen LogP contribution in [0.15, 0.2) is 58.3 Å². The van der Waals surface area contributed by atoms with Crippen LogP contribution >= 0.6 is 11.8 Å². The fraction of sp³-hybridized carbons (Fsp3) is 0.409. The molecule has 2 fully saturated rings. The standard InChI is InChI=1S/C22H24N2O3S/c25-21(23-13-10-22(11-14-23)26-15-16-27-22)9-12-24-17-5-1-3-7-19(17)28-20-8-4-2-6-18(20)24/h1-8H,9-16H2.